The van der Waals surface area contributed by atoms with Crippen molar-refractivity contribution >= 4 is 10.0 Å². The SMILES string of the molecule is CC[C@H](CNS(=O)(=O)c1c(C)nn(C)c1C)Oc1ccccc1. The zero-order valence-electron chi connectivity index (χ0n) is 13.9. The Balaban J connectivity index is 2.08. The number of aromatic nitrogens is 2. The van der Waals surface area contributed by atoms with Gasteiger partial charge in [0.1, 0.15) is 16.7 Å². The van der Waals surface area contributed by atoms with Crippen molar-refractivity contribution in [3.05, 3.63) is 41.7 Å². The Kier molecular flexibility index (Phi) is 5.43. The summed E-state index contributed by atoms with van der Waals surface area (Å²) in [5.74, 6) is 0.729. The van der Waals surface area contributed by atoms with Crippen LogP contribution in [0.5, 0.6) is 5.75 Å². The van der Waals surface area contributed by atoms with Crippen molar-refractivity contribution in [3.63, 3.8) is 0 Å². The third-order valence-corrected chi connectivity index (χ3v) is 5.39. The summed E-state index contributed by atoms with van der Waals surface area (Å²) in [5.41, 5.74) is 1.11. The van der Waals surface area contributed by atoms with Gasteiger partial charge in [0.25, 0.3) is 0 Å². The molecule has 0 saturated carbocycles. The minimum Gasteiger partial charge on any atom is -0.489 e. The minimum atomic E-state index is -3.61. The highest BCUT2D eigenvalue weighted by molar-refractivity contribution is 7.89. The molecule has 126 valence electrons. The van der Waals surface area contributed by atoms with Gasteiger partial charge < -0.3 is 4.74 Å². The molecule has 1 heterocycles. The highest BCUT2D eigenvalue weighted by atomic mass is 32.2. The largest absolute Gasteiger partial charge is 0.489 e. The first-order valence-electron chi connectivity index (χ1n) is 7.56. The van der Waals surface area contributed by atoms with Crippen LogP contribution >= 0.6 is 0 Å². The standard InChI is InChI=1S/C16H23N3O3S/c1-5-14(22-15-9-7-6-8-10-15)11-17-23(20,21)16-12(2)18-19(4)13(16)3/h6-10,14,17H,5,11H2,1-4H3/t14-/m1/s1. The molecule has 0 aliphatic rings. The number of nitrogens with one attached hydrogen (secondary N) is 1. The third kappa shape index (κ3) is 4.11. The third-order valence-electron chi connectivity index (χ3n) is 3.71. The maximum Gasteiger partial charge on any atom is 0.244 e. The Morgan fingerprint density at radius 1 is 1.26 bits per heavy atom. The maximum atomic E-state index is 12.5. The van der Waals surface area contributed by atoms with Crippen molar-refractivity contribution in [3.8, 4) is 5.75 Å². The Morgan fingerprint density at radius 2 is 1.91 bits per heavy atom. The summed E-state index contributed by atoms with van der Waals surface area (Å²) < 4.78 is 35.1. The van der Waals surface area contributed by atoms with Crippen LogP contribution in [-0.4, -0.2) is 30.8 Å². The number of para-hydroxylation sites is 1. The Hall–Kier alpha value is -1.86. The molecule has 0 amide bonds. The first kappa shape index (κ1) is 17.5. The molecule has 23 heavy (non-hydrogen) atoms. The molecular weight excluding hydrogens is 314 g/mol. The van der Waals surface area contributed by atoms with Crippen molar-refractivity contribution in [2.75, 3.05) is 6.54 Å². The summed E-state index contributed by atoms with van der Waals surface area (Å²) in [6.07, 6.45) is 0.465. The molecule has 0 spiro atoms. The van der Waals surface area contributed by atoms with Gasteiger partial charge in [-0.3, -0.25) is 4.68 Å². The molecule has 2 rings (SSSR count). The minimum absolute atomic E-state index is 0.210. The monoisotopic (exact) mass is 337 g/mol. The van der Waals surface area contributed by atoms with E-state index in [2.05, 4.69) is 9.82 Å². The number of hydrogen-bond acceptors (Lipinski definition) is 4. The van der Waals surface area contributed by atoms with Crippen LogP contribution in [-0.2, 0) is 17.1 Å². The van der Waals surface area contributed by atoms with Gasteiger partial charge in [0.05, 0.1) is 11.4 Å². The number of ether oxygens (including phenoxy) is 1. The lowest BCUT2D eigenvalue weighted by Crippen LogP contribution is -2.35. The van der Waals surface area contributed by atoms with E-state index in [1.54, 1.807) is 25.6 Å². The van der Waals surface area contributed by atoms with E-state index in [4.69, 9.17) is 4.74 Å². The number of rotatable bonds is 7. The average molecular weight is 337 g/mol. The molecule has 6 nitrogen and oxygen atoms in total. The average Bonchev–Trinajstić information content (AvgIpc) is 2.78. The molecule has 0 saturated heterocycles. The molecule has 0 aliphatic carbocycles. The van der Waals surface area contributed by atoms with Gasteiger partial charge in [-0.2, -0.15) is 5.10 Å². The number of aryl methyl sites for hydroxylation is 2. The highest BCUT2D eigenvalue weighted by Crippen LogP contribution is 2.18. The smallest absolute Gasteiger partial charge is 0.244 e. The molecule has 2 aromatic rings. The van der Waals surface area contributed by atoms with Crippen LogP contribution in [0.2, 0.25) is 0 Å². The maximum absolute atomic E-state index is 12.5. The Labute approximate surface area is 137 Å². The summed E-state index contributed by atoms with van der Waals surface area (Å²) in [4.78, 5) is 0.245. The summed E-state index contributed by atoms with van der Waals surface area (Å²) in [5, 5.41) is 4.16. The predicted octanol–water partition coefficient (Wildman–Crippen LogP) is 2.17. The molecule has 7 heteroatoms. The van der Waals surface area contributed by atoms with Crippen LogP contribution in [0.3, 0.4) is 0 Å². The van der Waals surface area contributed by atoms with E-state index in [1.165, 1.54) is 0 Å². The molecule has 1 N–H and O–H groups in total. The van der Waals surface area contributed by atoms with Crippen molar-refractivity contribution in [2.24, 2.45) is 7.05 Å². The fourth-order valence-electron chi connectivity index (χ4n) is 2.38. The fourth-order valence-corrected chi connectivity index (χ4v) is 3.88. The van der Waals surface area contributed by atoms with Gasteiger partial charge in [-0.1, -0.05) is 25.1 Å². The van der Waals surface area contributed by atoms with Gasteiger partial charge in [-0.25, -0.2) is 13.1 Å². The van der Waals surface area contributed by atoms with E-state index in [0.29, 0.717) is 17.8 Å². The molecule has 1 aromatic carbocycles. The molecular formula is C16H23N3O3S. The Bertz CT molecular complexity index is 754. The lowest BCUT2D eigenvalue weighted by molar-refractivity contribution is 0.200. The highest BCUT2D eigenvalue weighted by Gasteiger charge is 2.24. The first-order chi connectivity index (χ1) is 10.8. The number of hydrogen-bond donors (Lipinski definition) is 1. The van der Waals surface area contributed by atoms with Crippen molar-refractivity contribution in [1.29, 1.82) is 0 Å². The normalized spacial score (nSPS) is 13.0. The van der Waals surface area contributed by atoms with Crippen molar-refractivity contribution in [2.45, 2.75) is 38.2 Å². The lowest BCUT2D eigenvalue weighted by atomic mass is 10.2. The zero-order valence-corrected chi connectivity index (χ0v) is 14.7. The second-order valence-electron chi connectivity index (χ2n) is 5.44. The summed E-state index contributed by atoms with van der Waals surface area (Å²) in [6, 6.07) is 9.38. The van der Waals surface area contributed by atoms with E-state index in [9.17, 15) is 8.42 Å². The van der Waals surface area contributed by atoms with E-state index in [0.717, 1.165) is 5.75 Å². The number of sulfonamides is 1. The summed E-state index contributed by atoms with van der Waals surface area (Å²) >= 11 is 0. The molecule has 0 bridgehead atoms. The molecule has 0 unspecified atom stereocenters. The second kappa shape index (κ2) is 7.14. The number of nitrogens with zero attached hydrogens (tertiary/aromatic N) is 2. The van der Waals surface area contributed by atoms with Crippen molar-refractivity contribution in [1.82, 2.24) is 14.5 Å². The lowest BCUT2D eigenvalue weighted by Gasteiger charge is -2.18. The van der Waals surface area contributed by atoms with E-state index in [-0.39, 0.29) is 17.5 Å². The van der Waals surface area contributed by atoms with Gasteiger partial charge in [0.2, 0.25) is 10.0 Å². The molecule has 0 aliphatic heterocycles. The van der Waals surface area contributed by atoms with E-state index in [1.807, 2.05) is 37.3 Å². The topological polar surface area (TPSA) is 73.2 Å². The molecule has 0 fully saturated rings. The van der Waals surface area contributed by atoms with Gasteiger partial charge in [-0.15, -0.1) is 0 Å². The summed E-state index contributed by atoms with van der Waals surface area (Å²) in [7, 11) is -1.88. The van der Waals surface area contributed by atoms with E-state index < -0.39 is 10.0 Å². The van der Waals surface area contributed by atoms with Crippen LogP contribution < -0.4 is 9.46 Å². The van der Waals surface area contributed by atoms with Gasteiger partial charge in [0, 0.05) is 13.6 Å². The number of benzene rings is 1. The summed E-state index contributed by atoms with van der Waals surface area (Å²) in [6.45, 7) is 5.61. The zero-order chi connectivity index (χ0) is 17.0. The van der Waals surface area contributed by atoms with Gasteiger partial charge in [-0.05, 0) is 32.4 Å². The van der Waals surface area contributed by atoms with Crippen LogP contribution in [0.1, 0.15) is 24.7 Å². The quantitative estimate of drug-likeness (QED) is 0.840. The van der Waals surface area contributed by atoms with Gasteiger partial charge in [0.15, 0.2) is 0 Å². The van der Waals surface area contributed by atoms with Crippen LogP contribution in [0, 0.1) is 13.8 Å². The second-order valence-corrected chi connectivity index (χ2v) is 7.14. The van der Waals surface area contributed by atoms with Crippen LogP contribution in [0.4, 0.5) is 0 Å². The molecule has 0 radical (unpaired) electrons. The van der Waals surface area contributed by atoms with Crippen LogP contribution in [0.15, 0.2) is 35.2 Å². The van der Waals surface area contributed by atoms with Crippen LogP contribution in [0.25, 0.3) is 0 Å². The predicted molar refractivity (Wildman–Crippen MR) is 89.0 cm³/mol. The fraction of sp³-hybridized carbons (Fsp3) is 0.438. The first-order valence-corrected chi connectivity index (χ1v) is 9.05. The van der Waals surface area contributed by atoms with Crippen molar-refractivity contribution < 1.29 is 13.2 Å². The molecule has 1 aromatic heterocycles. The Morgan fingerprint density at radius 3 is 2.43 bits per heavy atom. The van der Waals surface area contributed by atoms with Gasteiger partial charge >= 0.3 is 0 Å². The van der Waals surface area contributed by atoms with E-state index >= 15 is 0 Å². The molecule has 1 atom stereocenters.